The number of carbonyl (C=O) groups is 1. The molecule has 3 nitrogen and oxygen atoms in total. The summed E-state index contributed by atoms with van der Waals surface area (Å²) in [6.45, 7) is 4.92. The number of hydrogen-bond donors (Lipinski definition) is 1. The van der Waals surface area contributed by atoms with Crippen LogP contribution in [0.15, 0.2) is 18.2 Å². The average molecular weight is 323 g/mol. The highest BCUT2D eigenvalue weighted by Crippen LogP contribution is 2.33. The van der Waals surface area contributed by atoms with Crippen LogP contribution in [0.5, 0.6) is 0 Å². The van der Waals surface area contributed by atoms with Gasteiger partial charge in [-0.25, -0.2) is 4.79 Å². The Morgan fingerprint density at radius 2 is 1.81 bits per heavy atom. The summed E-state index contributed by atoms with van der Waals surface area (Å²) in [5.41, 5.74) is -0.881. The molecule has 0 bridgehead atoms. The normalized spacial score (nSPS) is 11.3. The van der Waals surface area contributed by atoms with Crippen LogP contribution in [-0.2, 0) is 6.18 Å². The maximum absolute atomic E-state index is 12.7. The Morgan fingerprint density at radius 1 is 1.24 bits per heavy atom. The molecule has 0 atom stereocenters. The molecule has 0 aromatic heterocycles. The predicted molar refractivity (Wildman–Crippen MR) is 77.6 cm³/mol. The van der Waals surface area contributed by atoms with Crippen molar-refractivity contribution in [1.82, 2.24) is 4.90 Å². The fraction of sp³-hybridized carbons (Fsp3) is 0.500. The quantitative estimate of drug-likeness (QED) is 0.811. The Morgan fingerprint density at radius 3 is 2.29 bits per heavy atom. The van der Waals surface area contributed by atoms with Gasteiger partial charge in [-0.2, -0.15) is 13.2 Å². The smallest absolute Gasteiger partial charge is 0.325 e. The van der Waals surface area contributed by atoms with E-state index in [9.17, 15) is 18.0 Å². The fourth-order valence-corrected chi connectivity index (χ4v) is 2.01. The highest BCUT2D eigenvalue weighted by molar-refractivity contribution is 6.33. The van der Waals surface area contributed by atoms with Crippen molar-refractivity contribution in [3.05, 3.63) is 28.8 Å². The average Bonchev–Trinajstić information content (AvgIpc) is 2.39. The summed E-state index contributed by atoms with van der Waals surface area (Å²) in [5, 5.41) is 2.52. The van der Waals surface area contributed by atoms with Crippen molar-refractivity contribution in [2.75, 3.05) is 18.4 Å². The van der Waals surface area contributed by atoms with E-state index >= 15 is 0 Å². The molecule has 0 radical (unpaired) electrons. The third-order valence-electron chi connectivity index (χ3n) is 2.81. The minimum Gasteiger partial charge on any atom is -0.325 e. The molecule has 2 amide bonds. The largest absolute Gasteiger partial charge is 0.416 e. The van der Waals surface area contributed by atoms with Crippen molar-refractivity contribution < 1.29 is 18.0 Å². The summed E-state index contributed by atoms with van der Waals surface area (Å²) >= 11 is 5.85. The highest BCUT2D eigenvalue weighted by atomic mass is 35.5. The molecule has 0 fully saturated rings. The third-order valence-corrected chi connectivity index (χ3v) is 3.14. The maximum Gasteiger partial charge on any atom is 0.416 e. The van der Waals surface area contributed by atoms with Gasteiger partial charge in [0.1, 0.15) is 0 Å². The van der Waals surface area contributed by atoms with Crippen LogP contribution in [-0.4, -0.2) is 24.0 Å². The minimum atomic E-state index is -4.48. The van der Waals surface area contributed by atoms with Crippen molar-refractivity contribution >= 4 is 23.3 Å². The Balaban J connectivity index is 2.93. The number of carbonyl (C=O) groups excluding carboxylic acids is 1. The van der Waals surface area contributed by atoms with E-state index in [2.05, 4.69) is 5.32 Å². The summed E-state index contributed by atoms with van der Waals surface area (Å²) in [6, 6.07) is 2.41. The van der Waals surface area contributed by atoms with E-state index in [0.29, 0.717) is 13.1 Å². The number of nitrogens with zero attached hydrogens (tertiary/aromatic N) is 1. The summed E-state index contributed by atoms with van der Waals surface area (Å²) in [5.74, 6) is 0. The van der Waals surface area contributed by atoms with Crippen molar-refractivity contribution in [2.45, 2.75) is 32.9 Å². The first-order valence-corrected chi connectivity index (χ1v) is 7.10. The van der Waals surface area contributed by atoms with E-state index in [1.807, 2.05) is 13.8 Å². The van der Waals surface area contributed by atoms with Gasteiger partial charge in [0, 0.05) is 13.1 Å². The zero-order valence-electron chi connectivity index (χ0n) is 11.9. The second-order valence-electron chi connectivity index (χ2n) is 4.61. The molecule has 1 aromatic rings. The van der Waals surface area contributed by atoms with Crippen molar-refractivity contribution in [3.8, 4) is 0 Å². The van der Waals surface area contributed by atoms with Crippen LogP contribution in [0.25, 0.3) is 0 Å². The minimum absolute atomic E-state index is 0.0336. The van der Waals surface area contributed by atoms with Crippen LogP contribution < -0.4 is 5.32 Å². The Hall–Kier alpha value is -1.43. The fourth-order valence-electron chi connectivity index (χ4n) is 1.85. The molecule has 118 valence electrons. The topological polar surface area (TPSA) is 32.3 Å². The zero-order chi connectivity index (χ0) is 16.0. The molecular weight excluding hydrogens is 305 g/mol. The molecule has 0 spiro atoms. The summed E-state index contributed by atoms with van der Waals surface area (Å²) < 4.78 is 38.0. The molecule has 1 N–H and O–H groups in total. The molecule has 0 aliphatic rings. The molecule has 0 saturated heterocycles. The second-order valence-corrected chi connectivity index (χ2v) is 5.02. The summed E-state index contributed by atoms with van der Waals surface area (Å²) in [6.07, 6.45) is -2.94. The molecule has 0 aliphatic heterocycles. The molecule has 21 heavy (non-hydrogen) atoms. The molecule has 0 aliphatic carbocycles. The predicted octanol–water partition coefficient (Wildman–Crippen LogP) is 5.01. The van der Waals surface area contributed by atoms with Crippen molar-refractivity contribution in [3.63, 3.8) is 0 Å². The van der Waals surface area contributed by atoms with Crippen LogP contribution in [0, 0.1) is 0 Å². The van der Waals surface area contributed by atoms with Gasteiger partial charge in [0.2, 0.25) is 0 Å². The number of benzene rings is 1. The Kier molecular flexibility index (Phi) is 6.33. The lowest BCUT2D eigenvalue weighted by Gasteiger charge is -2.22. The monoisotopic (exact) mass is 322 g/mol. The lowest BCUT2D eigenvalue weighted by atomic mass is 10.2. The van der Waals surface area contributed by atoms with Crippen LogP contribution in [0.3, 0.4) is 0 Å². The van der Waals surface area contributed by atoms with Crippen LogP contribution in [0.4, 0.5) is 23.7 Å². The van der Waals surface area contributed by atoms with Gasteiger partial charge in [-0.15, -0.1) is 0 Å². The third kappa shape index (κ3) is 5.12. The number of amides is 2. The first-order chi connectivity index (χ1) is 9.79. The number of rotatable bonds is 5. The highest BCUT2D eigenvalue weighted by Gasteiger charge is 2.31. The first kappa shape index (κ1) is 17.6. The summed E-state index contributed by atoms with van der Waals surface area (Å²) in [7, 11) is 0. The zero-order valence-corrected chi connectivity index (χ0v) is 12.7. The van der Waals surface area contributed by atoms with E-state index < -0.39 is 17.8 Å². The van der Waals surface area contributed by atoms with Gasteiger partial charge >= 0.3 is 12.2 Å². The number of alkyl halides is 3. The number of urea groups is 1. The Labute approximate surface area is 127 Å². The van der Waals surface area contributed by atoms with E-state index in [1.165, 1.54) is 0 Å². The standard InChI is InChI=1S/C14H18ClF3N2O/c1-3-7-20(8-4-2)13(21)19-12-9-10(14(16,17)18)5-6-11(12)15/h5-6,9H,3-4,7-8H2,1-2H3,(H,19,21). The molecule has 1 aromatic carbocycles. The summed E-state index contributed by atoms with van der Waals surface area (Å²) in [4.78, 5) is 13.6. The van der Waals surface area contributed by atoms with Gasteiger partial charge in [0.15, 0.2) is 0 Å². The van der Waals surface area contributed by atoms with Gasteiger partial charge in [-0.3, -0.25) is 0 Å². The molecule has 1 rings (SSSR count). The van der Waals surface area contributed by atoms with Crippen molar-refractivity contribution in [2.24, 2.45) is 0 Å². The maximum atomic E-state index is 12.7. The van der Waals surface area contributed by atoms with Crippen LogP contribution in [0.2, 0.25) is 5.02 Å². The van der Waals surface area contributed by atoms with Gasteiger partial charge < -0.3 is 10.2 Å². The second kappa shape index (κ2) is 7.54. The lowest BCUT2D eigenvalue weighted by Crippen LogP contribution is -2.36. The SMILES string of the molecule is CCCN(CCC)C(=O)Nc1cc(C(F)(F)F)ccc1Cl. The molecule has 0 saturated carbocycles. The van der Waals surface area contributed by atoms with E-state index in [0.717, 1.165) is 31.0 Å². The van der Waals surface area contributed by atoms with Crippen molar-refractivity contribution in [1.29, 1.82) is 0 Å². The number of halogens is 4. The lowest BCUT2D eigenvalue weighted by molar-refractivity contribution is -0.137. The van der Waals surface area contributed by atoms with Gasteiger partial charge in [-0.1, -0.05) is 25.4 Å². The van der Waals surface area contributed by atoms with E-state index in [-0.39, 0.29) is 10.7 Å². The molecular formula is C14H18ClF3N2O. The first-order valence-electron chi connectivity index (χ1n) is 6.72. The van der Waals surface area contributed by atoms with E-state index in [4.69, 9.17) is 11.6 Å². The van der Waals surface area contributed by atoms with Crippen LogP contribution >= 0.6 is 11.6 Å². The van der Waals surface area contributed by atoms with Gasteiger partial charge in [0.25, 0.3) is 0 Å². The number of nitrogens with one attached hydrogen (secondary N) is 1. The number of hydrogen-bond acceptors (Lipinski definition) is 1. The Bertz CT molecular complexity index is 486. The number of anilines is 1. The van der Waals surface area contributed by atoms with Gasteiger partial charge in [0.05, 0.1) is 16.3 Å². The molecule has 7 heteroatoms. The van der Waals surface area contributed by atoms with Gasteiger partial charge in [-0.05, 0) is 31.0 Å². The van der Waals surface area contributed by atoms with E-state index in [1.54, 1.807) is 4.90 Å². The molecule has 0 heterocycles. The molecule has 0 unspecified atom stereocenters. The van der Waals surface area contributed by atoms with Crippen LogP contribution in [0.1, 0.15) is 32.3 Å².